The van der Waals surface area contributed by atoms with Crippen LogP contribution >= 0.6 is 0 Å². The molecule has 2 rings (SSSR count). The van der Waals surface area contributed by atoms with Crippen molar-refractivity contribution < 1.29 is 42.7 Å². The first-order chi connectivity index (χ1) is 14.4. The SMILES string of the molecule is N#Cc1cccc(OCCCC(=O)O)c1.N#Cc1cccc(OCCCC([NH-])=O)c1.[V]. The Morgan fingerprint density at radius 2 is 1.32 bits per heavy atom. The zero-order valence-electron chi connectivity index (χ0n) is 16.8. The van der Waals surface area contributed by atoms with Crippen molar-refractivity contribution >= 4 is 11.9 Å². The first kappa shape index (κ1) is 27.5. The Labute approximate surface area is 193 Å². The number of nitrogens with zero attached hydrogens (tertiary/aromatic N) is 2. The van der Waals surface area contributed by atoms with E-state index in [-0.39, 0.29) is 31.4 Å². The fourth-order valence-corrected chi connectivity index (χ4v) is 2.15. The predicted molar refractivity (Wildman–Crippen MR) is 109 cm³/mol. The van der Waals surface area contributed by atoms with Crippen molar-refractivity contribution in [1.82, 2.24) is 0 Å². The van der Waals surface area contributed by atoms with Gasteiger partial charge in [-0.25, -0.2) is 0 Å². The van der Waals surface area contributed by atoms with Gasteiger partial charge in [-0.2, -0.15) is 10.5 Å². The summed E-state index contributed by atoms with van der Waals surface area (Å²) >= 11 is 0. The normalized spacial score (nSPS) is 8.97. The molecule has 0 saturated heterocycles. The molecule has 0 bridgehead atoms. The number of carboxylic acids is 1. The van der Waals surface area contributed by atoms with Crippen LogP contribution in [0.1, 0.15) is 36.8 Å². The number of aliphatic carboxylic acids is 1. The van der Waals surface area contributed by atoms with Crippen LogP contribution in [0, 0.1) is 22.7 Å². The number of benzene rings is 2. The zero-order chi connectivity index (χ0) is 22.2. The molecule has 0 fully saturated rings. The number of carbonyl (C=O) groups excluding carboxylic acids is 1. The summed E-state index contributed by atoms with van der Waals surface area (Å²) in [5.74, 6) is -0.195. The smallest absolute Gasteiger partial charge is 0.303 e. The Balaban J connectivity index is 0.000000562. The number of nitrogens with one attached hydrogen (secondary N) is 1. The molecule has 0 unspecified atom stereocenters. The quantitative estimate of drug-likeness (QED) is 0.527. The topological polar surface area (TPSA) is 144 Å². The van der Waals surface area contributed by atoms with Crippen molar-refractivity contribution in [3.63, 3.8) is 0 Å². The van der Waals surface area contributed by atoms with Gasteiger partial charge in [0.15, 0.2) is 0 Å². The number of hydrogen-bond donors (Lipinski definition) is 1. The van der Waals surface area contributed by atoms with Gasteiger partial charge in [-0.05, 0) is 55.7 Å². The van der Waals surface area contributed by atoms with Crippen LogP contribution in [-0.4, -0.2) is 30.2 Å². The van der Waals surface area contributed by atoms with Crippen LogP contribution in [-0.2, 0) is 28.1 Å². The maximum absolute atomic E-state index is 10.3. The molecular weight excluding hydrogens is 437 g/mol. The van der Waals surface area contributed by atoms with E-state index in [0.29, 0.717) is 48.7 Å². The summed E-state index contributed by atoms with van der Waals surface area (Å²) in [6, 6.07) is 17.6. The number of carbonyl (C=O) groups is 2. The van der Waals surface area contributed by atoms with E-state index in [4.69, 9.17) is 30.8 Å². The molecule has 0 saturated carbocycles. The van der Waals surface area contributed by atoms with Gasteiger partial charge in [0.1, 0.15) is 11.5 Å². The van der Waals surface area contributed by atoms with Crippen molar-refractivity contribution in [2.24, 2.45) is 0 Å². The summed E-state index contributed by atoms with van der Waals surface area (Å²) in [5.41, 5.74) is 7.77. The maximum Gasteiger partial charge on any atom is 0.303 e. The van der Waals surface area contributed by atoms with Gasteiger partial charge in [0.05, 0.1) is 36.5 Å². The number of amides is 1. The van der Waals surface area contributed by atoms with Gasteiger partial charge in [-0.3, -0.25) is 4.79 Å². The van der Waals surface area contributed by atoms with E-state index in [1.165, 1.54) is 0 Å². The first-order valence-corrected chi connectivity index (χ1v) is 9.16. The van der Waals surface area contributed by atoms with Crippen molar-refractivity contribution in [3.8, 4) is 23.6 Å². The van der Waals surface area contributed by atoms with Crippen LogP contribution in [0.4, 0.5) is 0 Å². The zero-order valence-corrected chi connectivity index (χ0v) is 18.2. The average Bonchev–Trinajstić information content (AvgIpc) is 2.75. The van der Waals surface area contributed by atoms with E-state index < -0.39 is 11.9 Å². The average molecular weight is 459 g/mol. The minimum atomic E-state index is -0.829. The van der Waals surface area contributed by atoms with Crippen molar-refractivity contribution in [2.75, 3.05) is 13.2 Å². The van der Waals surface area contributed by atoms with E-state index in [1.807, 2.05) is 12.1 Å². The summed E-state index contributed by atoms with van der Waals surface area (Å²) in [6.07, 6.45) is 1.29. The molecule has 0 aliphatic rings. The summed E-state index contributed by atoms with van der Waals surface area (Å²) in [4.78, 5) is 20.5. The molecule has 0 atom stereocenters. The molecule has 161 valence electrons. The minimum Gasteiger partial charge on any atom is -0.668 e. The second kappa shape index (κ2) is 16.4. The van der Waals surface area contributed by atoms with Crippen LogP contribution in [0.5, 0.6) is 11.5 Å². The third-order valence-corrected chi connectivity index (χ3v) is 3.55. The molecule has 2 aromatic rings. The molecule has 0 heterocycles. The van der Waals surface area contributed by atoms with Gasteiger partial charge >= 0.3 is 5.97 Å². The molecule has 1 radical (unpaired) electrons. The molecule has 9 heteroatoms. The Morgan fingerprint density at radius 3 is 1.71 bits per heavy atom. The van der Waals surface area contributed by atoms with Crippen LogP contribution in [0.2, 0.25) is 0 Å². The molecule has 0 aromatic heterocycles. The van der Waals surface area contributed by atoms with Crippen LogP contribution in [0.25, 0.3) is 5.73 Å². The van der Waals surface area contributed by atoms with Crippen LogP contribution in [0.15, 0.2) is 48.5 Å². The molecule has 8 nitrogen and oxygen atoms in total. The Bertz CT molecular complexity index is 846. The molecule has 0 aliphatic carbocycles. The van der Waals surface area contributed by atoms with E-state index >= 15 is 0 Å². The number of hydrogen-bond acceptors (Lipinski definition) is 6. The Kier molecular flexibility index (Phi) is 14.5. The molecule has 2 N–H and O–H groups in total. The molecule has 31 heavy (non-hydrogen) atoms. The number of nitriles is 2. The van der Waals surface area contributed by atoms with Crippen molar-refractivity contribution in [2.45, 2.75) is 25.7 Å². The minimum absolute atomic E-state index is 0. The fraction of sp³-hybridized carbons (Fsp3) is 0.273. The van der Waals surface area contributed by atoms with Gasteiger partial charge in [0.25, 0.3) is 0 Å². The first-order valence-electron chi connectivity index (χ1n) is 9.16. The van der Waals surface area contributed by atoms with Crippen LogP contribution < -0.4 is 9.47 Å². The van der Waals surface area contributed by atoms with E-state index in [0.717, 1.165) is 0 Å². The summed E-state index contributed by atoms with van der Waals surface area (Å²) in [7, 11) is 0. The monoisotopic (exact) mass is 459 g/mol. The predicted octanol–water partition coefficient (Wildman–Crippen LogP) is 4.10. The number of ether oxygens (including phenoxy) is 2. The fourth-order valence-electron chi connectivity index (χ4n) is 2.15. The largest absolute Gasteiger partial charge is 0.668 e. The summed E-state index contributed by atoms with van der Waals surface area (Å²) in [5, 5.41) is 25.6. The summed E-state index contributed by atoms with van der Waals surface area (Å²) < 4.78 is 10.6. The third-order valence-electron chi connectivity index (χ3n) is 3.55. The molecule has 1 amide bonds. The van der Waals surface area contributed by atoms with Gasteiger partial charge in [0.2, 0.25) is 0 Å². The van der Waals surface area contributed by atoms with Gasteiger partial charge in [-0.1, -0.05) is 12.1 Å². The van der Waals surface area contributed by atoms with E-state index in [1.54, 1.807) is 48.5 Å². The second-order valence-corrected chi connectivity index (χ2v) is 6.00. The molecular formula is C22H22N3O5V-. The van der Waals surface area contributed by atoms with Crippen molar-refractivity contribution in [1.29, 1.82) is 10.5 Å². The molecule has 0 aliphatic heterocycles. The molecule has 2 aromatic carbocycles. The summed E-state index contributed by atoms with van der Waals surface area (Å²) in [6.45, 7) is 0.737. The van der Waals surface area contributed by atoms with Crippen molar-refractivity contribution in [3.05, 3.63) is 65.4 Å². The maximum atomic E-state index is 10.3. The Morgan fingerprint density at radius 1 is 0.871 bits per heavy atom. The van der Waals surface area contributed by atoms with E-state index in [2.05, 4.69) is 0 Å². The second-order valence-electron chi connectivity index (χ2n) is 6.00. The van der Waals surface area contributed by atoms with Gasteiger partial charge in [0, 0.05) is 30.9 Å². The van der Waals surface area contributed by atoms with Gasteiger partial charge in [-0.15, -0.1) is 0 Å². The standard InChI is InChI=1S/C11H12N2O2.C11H11NO3.V/c2*12-8-9-3-1-4-10(7-9)15-6-2-5-11(13)14;/h1,3-4,7H,2,5-6H2,(H2,13,14);1,3-4,7H,2,5-6H2,(H,13,14);/p-1. The number of carboxylic acid groups (broad SMARTS) is 1. The van der Waals surface area contributed by atoms with Crippen LogP contribution in [0.3, 0.4) is 0 Å². The third kappa shape index (κ3) is 13.4. The molecule has 0 spiro atoms. The number of rotatable bonds is 10. The van der Waals surface area contributed by atoms with Gasteiger partial charge < -0.3 is 25.1 Å². The Hall–Kier alpha value is -3.46. The van der Waals surface area contributed by atoms with E-state index in [9.17, 15) is 9.59 Å².